The predicted octanol–water partition coefficient (Wildman–Crippen LogP) is 3.76. The minimum atomic E-state index is -0.590. The Kier molecular flexibility index (Phi) is 4.92. The Hall–Kier alpha value is -2.11. The van der Waals surface area contributed by atoms with Crippen LogP contribution in [-0.2, 0) is 4.79 Å². The van der Waals surface area contributed by atoms with Crippen molar-refractivity contribution in [2.24, 2.45) is 0 Å². The first-order valence-corrected chi connectivity index (χ1v) is 6.98. The first-order chi connectivity index (χ1) is 9.63. The van der Waals surface area contributed by atoms with E-state index >= 15 is 0 Å². The summed E-state index contributed by atoms with van der Waals surface area (Å²) in [4.78, 5) is 24.0. The van der Waals surface area contributed by atoms with Crippen molar-refractivity contribution in [2.75, 3.05) is 5.32 Å². The van der Waals surface area contributed by atoms with Crippen LogP contribution in [0.25, 0.3) is 6.08 Å². The van der Waals surface area contributed by atoms with Crippen LogP contribution in [0.3, 0.4) is 0 Å². The van der Waals surface area contributed by atoms with Gasteiger partial charge in [0.15, 0.2) is 0 Å². The molecule has 2 rings (SSSR count). The van der Waals surface area contributed by atoms with E-state index in [-0.39, 0.29) is 0 Å². The number of carbonyl (C=O) groups excluding carboxylic acids is 2. The molecule has 0 aliphatic rings. The first kappa shape index (κ1) is 14.3. The minimum Gasteiger partial charge on any atom is -0.308 e. The molecule has 1 heterocycles. The summed E-state index contributed by atoms with van der Waals surface area (Å²) in [6.07, 6.45) is 2.96. The largest absolute Gasteiger partial charge is 0.326 e. The summed E-state index contributed by atoms with van der Waals surface area (Å²) in [5.41, 5.74) is 0.557. The van der Waals surface area contributed by atoms with Gasteiger partial charge >= 0.3 is 6.03 Å². The number of benzene rings is 1. The topological polar surface area (TPSA) is 58.2 Å². The Morgan fingerprint density at radius 1 is 1.15 bits per heavy atom. The zero-order valence-electron chi connectivity index (χ0n) is 10.3. The maximum atomic E-state index is 11.6. The van der Waals surface area contributed by atoms with Crippen LogP contribution in [-0.4, -0.2) is 11.9 Å². The fourth-order valence-electron chi connectivity index (χ4n) is 1.39. The summed E-state index contributed by atoms with van der Waals surface area (Å²) < 4.78 is 0. The van der Waals surface area contributed by atoms with Crippen LogP contribution in [0.5, 0.6) is 0 Å². The van der Waals surface area contributed by atoms with E-state index in [1.807, 2.05) is 17.5 Å². The van der Waals surface area contributed by atoms with E-state index in [0.717, 1.165) is 4.88 Å². The Balaban J connectivity index is 1.85. The molecule has 0 atom stereocenters. The fraction of sp³-hybridized carbons (Fsp3) is 0. The quantitative estimate of drug-likeness (QED) is 0.848. The van der Waals surface area contributed by atoms with Crippen molar-refractivity contribution >= 4 is 46.6 Å². The molecular weight excluding hydrogens is 296 g/mol. The van der Waals surface area contributed by atoms with Gasteiger partial charge in [-0.2, -0.15) is 0 Å². The summed E-state index contributed by atoms with van der Waals surface area (Å²) in [5, 5.41) is 7.22. The van der Waals surface area contributed by atoms with Crippen LogP contribution in [0.15, 0.2) is 47.9 Å². The molecular formula is C14H11ClN2O2S. The molecule has 2 aromatic rings. The summed E-state index contributed by atoms with van der Waals surface area (Å²) in [6, 6.07) is 9.76. The molecule has 0 aliphatic heterocycles. The van der Waals surface area contributed by atoms with E-state index in [2.05, 4.69) is 10.6 Å². The Labute approximate surface area is 125 Å². The Bertz CT molecular complexity index is 621. The zero-order valence-corrected chi connectivity index (χ0v) is 11.9. The zero-order chi connectivity index (χ0) is 14.4. The predicted molar refractivity (Wildman–Crippen MR) is 82.0 cm³/mol. The SMILES string of the molecule is O=C(C=Cc1cccs1)NC(=O)Nc1ccc(Cl)cc1. The normalized spacial score (nSPS) is 10.4. The van der Waals surface area contributed by atoms with Gasteiger partial charge in [0.1, 0.15) is 0 Å². The molecule has 0 saturated heterocycles. The molecule has 2 N–H and O–H groups in total. The Morgan fingerprint density at radius 2 is 1.90 bits per heavy atom. The van der Waals surface area contributed by atoms with E-state index in [0.29, 0.717) is 10.7 Å². The highest BCUT2D eigenvalue weighted by Crippen LogP contribution is 2.13. The van der Waals surface area contributed by atoms with Crippen molar-refractivity contribution in [2.45, 2.75) is 0 Å². The summed E-state index contributed by atoms with van der Waals surface area (Å²) in [5.74, 6) is -0.482. The lowest BCUT2D eigenvalue weighted by atomic mass is 10.3. The standard InChI is InChI=1S/C14H11ClN2O2S/c15-10-3-5-11(6-4-10)16-14(19)17-13(18)8-7-12-2-1-9-20-12/h1-9H,(H2,16,17,18,19). The molecule has 0 fully saturated rings. The van der Waals surface area contributed by atoms with E-state index < -0.39 is 11.9 Å². The van der Waals surface area contributed by atoms with Gasteiger partial charge in [-0.1, -0.05) is 17.7 Å². The number of imide groups is 1. The van der Waals surface area contributed by atoms with E-state index in [1.165, 1.54) is 17.4 Å². The lowest BCUT2D eigenvalue weighted by molar-refractivity contribution is -0.115. The second kappa shape index (κ2) is 6.88. The highest BCUT2D eigenvalue weighted by atomic mass is 35.5. The number of anilines is 1. The van der Waals surface area contributed by atoms with Crippen molar-refractivity contribution in [3.8, 4) is 0 Å². The van der Waals surface area contributed by atoms with Gasteiger partial charge in [-0.3, -0.25) is 10.1 Å². The van der Waals surface area contributed by atoms with Crippen LogP contribution in [0, 0.1) is 0 Å². The summed E-state index contributed by atoms with van der Waals surface area (Å²) in [6.45, 7) is 0. The lowest BCUT2D eigenvalue weighted by Crippen LogP contribution is -2.33. The molecule has 0 unspecified atom stereocenters. The number of urea groups is 1. The monoisotopic (exact) mass is 306 g/mol. The van der Waals surface area contributed by atoms with Crippen molar-refractivity contribution in [1.29, 1.82) is 0 Å². The number of rotatable bonds is 3. The van der Waals surface area contributed by atoms with Gasteiger partial charge in [0, 0.05) is 21.7 Å². The molecule has 1 aromatic heterocycles. The first-order valence-electron chi connectivity index (χ1n) is 5.72. The molecule has 6 heteroatoms. The van der Waals surface area contributed by atoms with Crippen molar-refractivity contribution < 1.29 is 9.59 Å². The molecule has 0 radical (unpaired) electrons. The Morgan fingerprint density at radius 3 is 2.55 bits per heavy atom. The fourth-order valence-corrected chi connectivity index (χ4v) is 2.14. The molecule has 4 nitrogen and oxygen atoms in total. The molecule has 3 amide bonds. The summed E-state index contributed by atoms with van der Waals surface area (Å²) >= 11 is 7.24. The smallest absolute Gasteiger partial charge is 0.308 e. The number of halogens is 1. The van der Waals surface area contributed by atoms with Crippen LogP contribution in [0.4, 0.5) is 10.5 Å². The second-order valence-electron chi connectivity index (χ2n) is 3.80. The van der Waals surface area contributed by atoms with Crippen molar-refractivity contribution in [3.63, 3.8) is 0 Å². The molecule has 0 saturated carbocycles. The van der Waals surface area contributed by atoms with Gasteiger partial charge in [-0.05, 0) is 41.8 Å². The highest BCUT2D eigenvalue weighted by Gasteiger charge is 2.04. The molecule has 0 aliphatic carbocycles. The summed E-state index contributed by atoms with van der Waals surface area (Å²) in [7, 11) is 0. The minimum absolute atomic E-state index is 0.482. The van der Waals surface area contributed by atoms with Gasteiger partial charge in [0.05, 0.1) is 0 Å². The molecule has 0 spiro atoms. The number of carbonyl (C=O) groups is 2. The molecule has 0 bridgehead atoms. The third kappa shape index (κ3) is 4.53. The van der Waals surface area contributed by atoms with Gasteiger partial charge in [-0.15, -0.1) is 11.3 Å². The third-order valence-electron chi connectivity index (χ3n) is 2.28. The van der Waals surface area contributed by atoms with Gasteiger partial charge < -0.3 is 5.32 Å². The molecule has 1 aromatic carbocycles. The average Bonchev–Trinajstić information content (AvgIpc) is 2.92. The second-order valence-corrected chi connectivity index (χ2v) is 5.21. The number of hydrogen-bond donors (Lipinski definition) is 2. The number of amides is 3. The maximum absolute atomic E-state index is 11.6. The lowest BCUT2D eigenvalue weighted by Gasteiger charge is -2.04. The molecule has 102 valence electrons. The average molecular weight is 307 g/mol. The van der Waals surface area contributed by atoms with E-state index in [4.69, 9.17) is 11.6 Å². The van der Waals surface area contributed by atoms with E-state index in [1.54, 1.807) is 30.3 Å². The van der Waals surface area contributed by atoms with Crippen LogP contribution in [0.2, 0.25) is 5.02 Å². The maximum Gasteiger partial charge on any atom is 0.326 e. The van der Waals surface area contributed by atoms with Gasteiger partial charge in [0.2, 0.25) is 0 Å². The van der Waals surface area contributed by atoms with E-state index in [9.17, 15) is 9.59 Å². The highest BCUT2D eigenvalue weighted by molar-refractivity contribution is 7.10. The van der Waals surface area contributed by atoms with Crippen LogP contribution >= 0.6 is 22.9 Å². The van der Waals surface area contributed by atoms with Gasteiger partial charge in [-0.25, -0.2) is 4.79 Å². The number of hydrogen-bond acceptors (Lipinski definition) is 3. The van der Waals surface area contributed by atoms with Crippen molar-refractivity contribution in [3.05, 3.63) is 57.8 Å². The van der Waals surface area contributed by atoms with Crippen LogP contribution < -0.4 is 10.6 Å². The third-order valence-corrected chi connectivity index (χ3v) is 3.37. The molecule has 20 heavy (non-hydrogen) atoms. The van der Waals surface area contributed by atoms with Crippen LogP contribution in [0.1, 0.15) is 4.88 Å². The van der Waals surface area contributed by atoms with Crippen molar-refractivity contribution in [1.82, 2.24) is 5.32 Å². The van der Waals surface area contributed by atoms with Gasteiger partial charge in [0.25, 0.3) is 5.91 Å². The number of thiophene rings is 1. The number of nitrogens with one attached hydrogen (secondary N) is 2.